The highest BCUT2D eigenvalue weighted by molar-refractivity contribution is 5.68. The lowest BCUT2D eigenvalue weighted by Gasteiger charge is -2.28. The summed E-state index contributed by atoms with van der Waals surface area (Å²) < 4.78 is 0. The standard InChI is InChI=1S/C18H22N2O.C9H13NO2.C7H15N/c1-18(2,3)15-7-9-16(10-8-15)20(4)17(13-21)14-6-5-11-19-12-14;10-5-9(12)8-4-2-1-3-7(8)6-11;1-8-7-5-3-2-4-6-7/h5-13,17H,1-4H3;6-9,12H,1-4H2;7-8H,2-6H2,1H3. The van der Waals surface area contributed by atoms with Gasteiger partial charge in [-0.1, -0.05) is 71.1 Å². The van der Waals surface area contributed by atoms with Gasteiger partial charge in [-0.15, -0.1) is 0 Å². The summed E-state index contributed by atoms with van der Waals surface area (Å²) in [5, 5.41) is 21.1. The Morgan fingerprint density at radius 2 is 1.66 bits per heavy atom. The van der Waals surface area contributed by atoms with E-state index in [4.69, 9.17) is 5.26 Å². The van der Waals surface area contributed by atoms with Gasteiger partial charge >= 0.3 is 0 Å². The molecule has 4 atom stereocenters. The van der Waals surface area contributed by atoms with E-state index in [1.54, 1.807) is 18.5 Å². The van der Waals surface area contributed by atoms with Crippen LogP contribution in [0, 0.1) is 23.2 Å². The molecule has 1 aromatic carbocycles. The van der Waals surface area contributed by atoms with Crippen LogP contribution in [0.4, 0.5) is 5.69 Å². The second-order valence-electron chi connectivity index (χ2n) is 12.2. The summed E-state index contributed by atoms with van der Waals surface area (Å²) in [6, 6.07) is 14.5. The predicted molar refractivity (Wildman–Crippen MR) is 166 cm³/mol. The first-order valence-corrected chi connectivity index (χ1v) is 15.0. The molecule has 0 amide bonds. The Morgan fingerprint density at radius 1 is 1.02 bits per heavy atom. The fraction of sp³-hybridized carbons (Fsp3) is 0.588. The lowest BCUT2D eigenvalue weighted by molar-refractivity contribution is -0.114. The van der Waals surface area contributed by atoms with Crippen molar-refractivity contribution in [2.45, 2.75) is 102 Å². The molecule has 0 aliphatic heterocycles. The first kappa shape index (κ1) is 34.1. The normalized spacial score (nSPS) is 20.5. The zero-order valence-electron chi connectivity index (χ0n) is 25.6. The molecule has 224 valence electrons. The first-order valence-electron chi connectivity index (χ1n) is 15.0. The van der Waals surface area contributed by atoms with Gasteiger partial charge in [-0.25, -0.2) is 0 Å². The van der Waals surface area contributed by atoms with E-state index in [2.05, 4.69) is 62.4 Å². The Labute approximate surface area is 247 Å². The number of benzene rings is 1. The molecule has 1 heterocycles. The zero-order chi connectivity index (χ0) is 30.3. The van der Waals surface area contributed by atoms with Crippen LogP contribution in [0.1, 0.15) is 95.7 Å². The number of likely N-dealkylation sites (N-methyl/N-ethyl adjacent to an activating group) is 1. The number of nitrogens with one attached hydrogen (secondary N) is 1. The highest BCUT2D eigenvalue weighted by atomic mass is 16.3. The van der Waals surface area contributed by atoms with Crippen LogP contribution < -0.4 is 10.2 Å². The largest absolute Gasteiger partial charge is 0.378 e. The molecule has 7 nitrogen and oxygen atoms in total. The smallest absolute Gasteiger partial charge is 0.147 e. The zero-order valence-corrected chi connectivity index (χ0v) is 25.6. The number of aldehydes is 2. The maximum Gasteiger partial charge on any atom is 0.147 e. The third-order valence-corrected chi connectivity index (χ3v) is 8.31. The van der Waals surface area contributed by atoms with E-state index in [0.29, 0.717) is 0 Å². The molecule has 2 aliphatic carbocycles. The van der Waals surface area contributed by atoms with Crippen LogP contribution in [-0.4, -0.2) is 48.9 Å². The first-order chi connectivity index (χ1) is 19.7. The summed E-state index contributed by atoms with van der Waals surface area (Å²) in [5.41, 5.74) is 3.33. The fourth-order valence-electron chi connectivity index (χ4n) is 5.54. The molecule has 0 radical (unpaired) electrons. The number of hydrogen-bond acceptors (Lipinski definition) is 7. The van der Waals surface area contributed by atoms with Gasteiger partial charge in [0.15, 0.2) is 0 Å². The van der Waals surface area contributed by atoms with Gasteiger partial charge in [0.2, 0.25) is 0 Å². The summed E-state index contributed by atoms with van der Waals surface area (Å²) in [7, 11) is 3.99. The second-order valence-corrected chi connectivity index (χ2v) is 12.2. The fourth-order valence-corrected chi connectivity index (χ4v) is 5.54. The van der Waals surface area contributed by atoms with Crippen molar-refractivity contribution in [3.8, 4) is 6.07 Å². The number of aliphatic hydroxyl groups is 1. The maximum absolute atomic E-state index is 11.5. The number of carbonyl (C=O) groups excluding carboxylic acids is 2. The molecule has 7 heteroatoms. The van der Waals surface area contributed by atoms with E-state index in [1.807, 2.05) is 24.1 Å². The summed E-state index contributed by atoms with van der Waals surface area (Å²) in [6.45, 7) is 6.57. The van der Waals surface area contributed by atoms with E-state index in [0.717, 1.165) is 55.5 Å². The molecule has 2 aromatic rings. The van der Waals surface area contributed by atoms with Crippen molar-refractivity contribution in [3.05, 3.63) is 59.9 Å². The van der Waals surface area contributed by atoms with E-state index < -0.39 is 6.10 Å². The minimum Gasteiger partial charge on any atom is -0.378 e. The quantitative estimate of drug-likeness (QED) is 0.307. The van der Waals surface area contributed by atoms with Crippen LogP contribution in [0.5, 0.6) is 0 Å². The molecule has 2 aliphatic rings. The molecular formula is C34H50N4O3. The number of anilines is 1. The number of pyridine rings is 1. The summed E-state index contributed by atoms with van der Waals surface area (Å²) in [5.74, 6) is -0.227. The topological polar surface area (TPSA) is 106 Å². The Kier molecular flexibility index (Phi) is 14.7. The molecule has 0 bridgehead atoms. The summed E-state index contributed by atoms with van der Waals surface area (Å²) in [6.07, 6.45) is 15.1. The number of nitriles is 1. The average molecular weight is 563 g/mol. The third kappa shape index (κ3) is 11.0. The highest BCUT2D eigenvalue weighted by Crippen LogP contribution is 2.31. The number of hydrogen-bond donors (Lipinski definition) is 2. The minimum absolute atomic E-state index is 0.103. The van der Waals surface area contributed by atoms with Crippen molar-refractivity contribution < 1.29 is 14.7 Å². The van der Waals surface area contributed by atoms with E-state index >= 15 is 0 Å². The average Bonchev–Trinajstić information content (AvgIpc) is 3.02. The minimum atomic E-state index is -0.958. The molecule has 4 rings (SSSR count). The van der Waals surface area contributed by atoms with E-state index in [1.165, 1.54) is 37.7 Å². The van der Waals surface area contributed by atoms with Crippen LogP contribution >= 0.6 is 0 Å². The molecule has 4 unspecified atom stereocenters. The SMILES string of the molecule is CN(c1ccc(C(C)(C)C)cc1)C(C=O)c1cccnc1.CNC1CCCCC1.N#CC(O)C1CCCCC1C=O. The van der Waals surface area contributed by atoms with Gasteiger partial charge in [0.05, 0.1) is 6.07 Å². The molecule has 2 fully saturated rings. The van der Waals surface area contributed by atoms with Gasteiger partial charge in [0, 0.05) is 43.0 Å². The van der Waals surface area contributed by atoms with Gasteiger partial charge < -0.3 is 24.9 Å². The van der Waals surface area contributed by atoms with Crippen molar-refractivity contribution >= 4 is 18.3 Å². The molecule has 0 saturated heterocycles. The Hall–Kier alpha value is -3.08. The highest BCUT2D eigenvalue weighted by Gasteiger charge is 2.30. The van der Waals surface area contributed by atoms with Crippen molar-refractivity contribution in [1.82, 2.24) is 10.3 Å². The number of aliphatic hydroxyl groups excluding tert-OH is 1. The van der Waals surface area contributed by atoms with Gasteiger partial charge in [0.25, 0.3) is 0 Å². The van der Waals surface area contributed by atoms with Crippen molar-refractivity contribution in [2.24, 2.45) is 11.8 Å². The molecule has 2 saturated carbocycles. The second kappa shape index (κ2) is 17.7. The predicted octanol–water partition coefficient (Wildman–Crippen LogP) is 6.17. The van der Waals surface area contributed by atoms with Crippen LogP contribution in [0.2, 0.25) is 0 Å². The third-order valence-electron chi connectivity index (χ3n) is 8.31. The van der Waals surface area contributed by atoms with Gasteiger partial charge in [0.1, 0.15) is 24.7 Å². The van der Waals surface area contributed by atoms with Crippen molar-refractivity contribution in [2.75, 3.05) is 19.0 Å². The van der Waals surface area contributed by atoms with Gasteiger partial charge in [-0.2, -0.15) is 5.26 Å². The van der Waals surface area contributed by atoms with Crippen molar-refractivity contribution in [3.63, 3.8) is 0 Å². The number of rotatable bonds is 7. The van der Waals surface area contributed by atoms with E-state index in [9.17, 15) is 14.7 Å². The Balaban J connectivity index is 0.000000246. The van der Waals surface area contributed by atoms with Gasteiger partial charge in [-0.05, 0) is 67.5 Å². The lowest BCUT2D eigenvalue weighted by atomic mass is 9.77. The monoisotopic (exact) mass is 562 g/mol. The number of carbonyl (C=O) groups is 2. The Morgan fingerprint density at radius 3 is 2.15 bits per heavy atom. The van der Waals surface area contributed by atoms with Crippen LogP contribution in [0.25, 0.3) is 0 Å². The number of aromatic nitrogens is 1. The van der Waals surface area contributed by atoms with Crippen LogP contribution in [-0.2, 0) is 15.0 Å². The van der Waals surface area contributed by atoms with Crippen molar-refractivity contribution in [1.29, 1.82) is 5.26 Å². The van der Waals surface area contributed by atoms with Crippen LogP contribution in [0.15, 0.2) is 48.8 Å². The molecule has 1 aromatic heterocycles. The Bertz CT molecular complexity index is 1060. The summed E-state index contributed by atoms with van der Waals surface area (Å²) >= 11 is 0. The van der Waals surface area contributed by atoms with E-state index in [-0.39, 0.29) is 23.3 Å². The molecular weight excluding hydrogens is 512 g/mol. The molecule has 2 N–H and O–H groups in total. The van der Waals surface area contributed by atoms with Crippen LogP contribution in [0.3, 0.4) is 0 Å². The number of nitrogens with zero attached hydrogens (tertiary/aromatic N) is 3. The van der Waals surface area contributed by atoms with Gasteiger partial charge in [-0.3, -0.25) is 4.98 Å². The summed E-state index contributed by atoms with van der Waals surface area (Å²) in [4.78, 5) is 28.1. The molecule has 0 spiro atoms. The maximum atomic E-state index is 11.5. The lowest BCUT2D eigenvalue weighted by Crippen LogP contribution is -2.30. The molecule has 41 heavy (non-hydrogen) atoms.